The molecule has 2 aromatic rings. The first kappa shape index (κ1) is 25.7. The van der Waals surface area contributed by atoms with E-state index < -0.39 is 0 Å². The average Bonchev–Trinajstić information content (AvgIpc) is 2.80. The molecule has 0 N–H and O–H groups in total. The third kappa shape index (κ3) is 5.60. The fraction of sp³-hybridized carbons (Fsp3) is 0.536. The van der Waals surface area contributed by atoms with Crippen LogP contribution in [0.5, 0.6) is 23.0 Å². The molecule has 0 unspecified atom stereocenters. The van der Waals surface area contributed by atoms with E-state index in [0.29, 0.717) is 41.9 Å². The van der Waals surface area contributed by atoms with Gasteiger partial charge in [-0.2, -0.15) is 0 Å². The van der Waals surface area contributed by atoms with Crippen LogP contribution in [0.15, 0.2) is 30.3 Å². The lowest BCUT2D eigenvalue weighted by Crippen LogP contribution is -2.41. The van der Waals surface area contributed by atoms with Crippen molar-refractivity contribution < 1.29 is 23.7 Å². The van der Waals surface area contributed by atoms with Gasteiger partial charge in [-0.05, 0) is 65.1 Å². The van der Waals surface area contributed by atoms with Crippen LogP contribution in [-0.2, 0) is 11.2 Å². The van der Waals surface area contributed by atoms with Crippen LogP contribution in [0.4, 0.5) is 0 Å². The lowest BCUT2D eigenvalue weighted by atomic mass is 9.83. The summed E-state index contributed by atoms with van der Waals surface area (Å²) in [6, 6.07) is 9.66. The Morgan fingerprint density at radius 3 is 2.12 bits per heavy atom. The molecule has 186 valence electrons. The number of rotatable bonds is 8. The van der Waals surface area contributed by atoms with Crippen LogP contribution in [0.1, 0.15) is 63.3 Å². The number of hydrogen-bond donors (Lipinski definition) is 0. The quantitative estimate of drug-likeness (QED) is 0.499. The molecule has 0 spiro atoms. The van der Waals surface area contributed by atoms with E-state index in [2.05, 4.69) is 27.7 Å². The van der Waals surface area contributed by atoms with Crippen molar-refractivity contribution in [3.63, 3.8) is 0 Å². The predicted molar refractivity (Wildman–Crippen MR) is 134 cm³/mol. The first-order valence-corrected chi connectivity index (χ1v) is 11.9. The summed E-state index contributed by atoms with van der Waals surface area (Å²) >= 11 is 0. The van der Waals surface area contributed by atoms with Crippen LogP contribution in [0.25, 0.3) is 0 Å². The van der Waals surface area contributed by atoms with Crippen molar-refractivity contribution in [3.05, 3.63) is 47.0 Å². The van der Waals surface area contributed by atoms with E-state index in [9.17, 15) is 4.79 Å². The Morgan fingerprint density at radius 2 is 1.53 bits per heavy atom. The number of carbonyl (C=O) groups excluding carboxylic acids is 1. The van der Waals surface area contributed by atoms with E-state index in [1.807, 2.05) is 35.2 Å². The van der Waals surface area contributed by atoms with Gasteiger partial charge in [0.1, 0.15) is 0 Å². The SMILES string of the molecule is COc1ccc([C@H]2c3cc(OC)c(OC)cc3CCN2C(=O)C[C@@H](C)CC(C)(C)C)cc1OC. The molecule has 2 aromatic carbocycles. The third-order valence-electron chi connectivity index (χ3n) is 6.40. The molecule has 0 bridgehead atoms. The molecule has 1 heterocycles. The number of methoxy groups -OCH3 is 4. The number of carbonyl (C=O) groups is 1. The van der Waals surface area contributed by atoms with Gasteiger partial charge in [-0.15, -0.1) is 0 Å². The van der Waals surface area contributed by atoms with Gasteiger partial charge in [0.15, 0.2) is 23.0 Å². The molecule has 0 aromatic heterocycles. The first-order chi connectivity index (χ1) is 16.1. The Morgan fingerprint density at radius 1 is 0.941 bits per heavy atom. The highest BCUT2D eigenvalue weighted by Gasteiger charge is 2.34. The molecule has 1 amide bonds. The van der Waals surface area contributed by atoms with Gasteiger partial charge in [0, 0.05) is 13.0 Å². The molecule has 6 heteroatoms. The lowest BCUT2D eigenvalue weighted by Gasteiger charge is -2.39. The van der Waals surface area contributed by atoms with Crippen LogP contribution in [0.3, 0.4) is 0 Å². The van der Waals surface area contributed by atoms with Gasteiger partial charge in [-0.25, -0.2) is 0 Å². The van der Waals surface area contributed by atoms with Crippen molar-refractivity contribution in [1.29, 1.82) is 0 Å². The van der Waals surface area contributed by atoms with Crippen molar-refractivity contribution in [2.75, 3.05) is 35.0 Å². The van der Waals surface area contributed by atoms with Crippen LogP contribution in [0, 0.1) is 11.3 Å². The van der Waals surface area contributed by atoms with E-state index in [4.69, 9.17) is 18.9 Å². The lowest BCUT2D eigenvalue weighted by molar-refractivity contribution is -0.134. The van der Waals surface area contributed by atoms with E-state index >= 15 is 0 Å². The zero-order valence-electron chi connectivity index (χ0n) is 21.9. The highest BCUT2D eigenvalue weighted by atomic mass is 16.5. The number of nitrogens with zero attached hydrogens (tertiary/aromatic N) is 1. The van der Waals surface area contributed by atoms with E-state index in [0.717, 1.165) is 29.5 Å². The van der Waals surface area contributed by atoms with Gasteiger partial charge >= 0.3 is 0 Å². The normalized spacial score (nSPS) is 16.5. The molecule has 0 fully saturated rings. The Balaban J connectivity index is 2.07. The zero-order chi connectivity index (χ0) is 25.0. The molecule has 0 saturated carbocycles. The van der Waals surface area contributed by atoms with E-state index in [1.54, 1.807) is 28.4 Å². The minimum atomic E-state index is -0.252. The number of ether oxygens (including phenoxy) is 4. The molecule has 2 atom stereocenters. The molecule has 0 radical (unpaired) electrons. The number of benzene rings is 2. The molecular weight excluding hydrogens is 430 g/mol. The second-order valence-corrected chi connectivity index (χ2v) is 10.3. The monoisotopic (exact) mass is 469 g/mol. The van der Waals surface area contributed by atoms with Gasteiger partial charge in [0.25, 0.3) is 0 Å². The smallest absolute Gasteiger partial charge is 0.223 e. The fourth-order valence-electron chi connectivity index (χ4n) is 5.13. The molecule has 1 aliphatic heterocycles. The summed E-state index contributed by atoms with van der Waals surface area (Å²) in [6.07, 6.45) is 2.28. The van der Waals surface area contributed by atoms with Crippen molar-refractivity contribution in [2.45, 2.75) is 53.0 Å². The van der Waals surface area contributed by atoms with Crippen molar-refractivity contribution >= 4 is 5.91 Å². The summed E-state index contributed by atoms with van der Waals surface area (Å²) in [6.45, 7) is 9.47. The number of amides is 1. The van der Waals surface area contributed by atoms with Gasteiger partial charge in [-0.1, -0.05) is 33.8 Å². The largest absolute Gasteiger partial charge is 0.493 e. The number of fused-ring (bicyclic) bond motifs is 1. The second kappa shape index (κ2) is 10.6. The minimum absolute atomic E-state index is 0.164. The van der Waals surface area contributed by atoms with Crippen molar-refractivity contribution in [1.82, 2.24) is 4.90 Å². The minimum Gasteiger partial charge on any atom is -0.493 e. The summed E-state index contributed by atoms with van der Waals surface area (Å²) in [4.78, 5) is 15.7. The molecule has 6 nitrogen and oxygen atoms in total. The Hall–Kier alpha value is -2.89. The van der Waals surface area contributed by atoms with Gasteiger partial charge < -0.3 is 23.8 Å². The predicted octanol–water partition coefficient (Wildman–Crippen LogP) is 5.66. The first-order valence-electron chi connectivity index (χ1n) is 11.9. The van der Waals surface area contributed by atoms with Gasteiger partial charge in [0.05, 0.1) is 34.5 Å². The summed E-state index contributed by atoms with van der Waals surface area (Å²) in [5.41, 5.74) is 3.36. The Bertz CT molecular complexity index is 1010. The summed E-state index contributed by atoms with van der Waals surface area (Å²) in [7, 11) is 6.53. The molecular formula is C28H39NO5. The Kier molecular flexibility index (Phi) is 8.01. The standard InChI is InChI=1S/C28H39NO5/c1-18(17-28(2,3)4)13-26(30)29-12-11-19-14-24(33-7)25(34-8)16-21(19)27(29)20-9-10-22(31-5)23(15-20)32-6/h9-10,14-16,18,27H,11-13,17H2,1-8H3/t18-,27+/m1/s1. The van der Waals surface area contributed by atoms with Crippen LogP contribution >= 0.6 is 0 Å². The average molecular weight is 470 g/mol. The highest BCUT2D eigenvalue weighted by Crippen LogP contribution is 2.43. The highest BCUT2D eigenvalue weighted by molar-refractivity contribution is 5.78. The van der Waals surface area contributed by atoms with Crippen molar-refractivity contribution in [2.24, 2.45) is 11.3 Å². The zero-order valence-corrected chi connectivity index (χ0v) is 21.9. The number of hydrogen-bond acceptors (Lipinski definition) is 5. The van der Waals surface area contributed by atoms with Crippen LogP contribution in [0.2, 0.25) is 0 Å². The fourth-order valence-corrected chi connectivity index (χ4v) is 5.13. The molecule has 1 aliphatic rings. The van der Waals surface area contributed by atoms with Gasteiger partial charge in [0.2, 0.25) is 5.91 Å². The molecule has 34 heavy (non-hydrogen) atoms. The van der Waals surface area contributed by atoms with Crippen molar-refractivity contribution in [3.8, 4) is 23.0 Å². The summed E-state index contributed by atoms with van der Waals surface area (Å²) in [5.74, 6) is 3.11. The maximum absolute atomic E-state index is 13.7. The van der Waals surface area contributed by atoms with E-state index in [1.165, 1.54) is 0 Å². The van der Waals surface area contributed by atoms with Gasteiger partial charge in [-0.3, -0.25) is 4.79 Å². The molecule has 3 rings (SSSR count). The Labute approximate surface area is 204 Å². The third-order valence-corrected chi connectivity index (χ3v) is 6.40. The summed E-state index contributed by atoms with van der Waals surface area (Å²) < 4.78 is 22.2. The summed E-state index contributed by atoms with van der Waals surface area (Å²) in [5, 5.41) is 0. The molecule has 0 saturated heterocycles. The maximum atomic E-state index is 13.7. The van der Waals surface area contributed by atoms with E-state index in [-0.39, 0.29) is 17.4 Å². The van der Waals surface area contributed by atoms with Crippen LogP contribution < -0.4 is 18.9 Å². The second-order valence-electron chi connectivity index (χ2n) is 10.3. The van der Waals surface area contributed by atoms with Crippen LogP contribution in [-0.4, -0.2) is 45.8 Å². The molecule has 0 aliphatic carbocycles. The topological polar surface area (TPSA) is 57.2 Å². The maximum Gasteiger partial charge on any atom is 0.223 e.